The number of hydrogen-bond acceptors (Lipinski definition) is 5. The van der Waals surface area contributed by atoms with E-state index in [4.69, 9.17) is 16.3 Å². The van der Waals surface area contributed by atoms with Gasteiger partial charge in [0.25, 0.3) is 5.91 Å². The maximum Gasteiger partial charge on any atom is 0.253 e. The molecule has 0 aliphatic rings. The Kier molecular flexibility index (Phi) is 6.19. The van der Waals surface area contributed by atoms with Gasteiger partial charge in [-0.05, 0) is 48.7 Å². The van der Waals surface area contributed by atoms with Crippen LogP contribution in [0.1, 0.15) is 15.4 Å². The molecule has 0 aliphatic carbocycles. The molecular weight excluding hydrogens is 388 g/mol. The van der Waals surface area contributed by atoms with Crippen molar-refractivity contribution in [2.75, 3.05) is 13.4 Å². The number of methoxy groups -OCH3 is 1. The zero-order chi connectivity index (χ0) is 18.5. The van der Waals surface area contributed by atoms with Gasteiger partial charge < -0.3 is 10.1 Å². The van der Waals surface area contributed by atoms with E-state index in [0.29, 0.717) is 17.1 Å². The molecule has 1 aromatic heterocycles. The van der Waals surface area contributed by atoms with E-state index in [1.807, 2.05) is 42.0 Å². The second-order valence-corrected chi connectivity index (χ2v) is 7.61. The summed E-state index contributed by atoms with van der Waals surface area (Å²) in [6.07, 6.45) is 1.96. The molecule has 1 amide bonds. The molecule has 0 aliphatic heterocycles. The van der Waals surface area contributed by atoms with Crippen LogP contribution in [0.25, 0.3) is 11.3 Å². The van der Waals surface area contributed by atoms with Gasteiger partial charge in [-0.1, -0.05) is 11.6 Å². The largest absolute Gasteiger partial charge is 0.497 e. The average Bonchev–Trinajstić information content (AvgIpc) is 3.15. The van der Waals surface area contributed by atoms with Crippen molar-refractivity contribution in [3.8, 4) is 17.0 Å². The Morgan fingerprint density at radius 3 is 2.73 bits per heavy atom. The van der Waals surface area contributed by atoms with Crippen LogP contribution >= 0.6 is 34.7 Å². The minimum absolute atomic E-state index is 0.202. The minimum Gasteiger partial charge on any atom is -0.497 e. The fourth-order valence-electron chi connectivity index (χ4n) is 2.34. The van der Waals surface area contributed by atoms with Crippen LogP contribution in [0.2, 0.25) is 5.02 Å². The highest BCUT2D eigenvalue weighted by Gasteiger charge is 2.12. The number of carbonyl (C=O) groups excluding carboxylic acids is 1. The molecular formula is C19H17ClN2O2S2. The summed E-state index contributed by atoms with van der Waals surface area (Å²) in [5.41, 5.74) is 2.37. The van der Waals surface area contributed by atoms with Gasteiger partial charge in [-0.2, -0.15) is 0 Å². The molecule has 0 atom stereocenters. The molecule has 7 heteroatoms. The summed E-state index contributed by atoms with van der Waals surface area (Å²) in [5, 5.41) is 6.14. The van der Waals surface area contributed by atoms with E-state index in [2.05, 4.69) is 10.3 Å². The molecule has 26 heavy (non-hydrogen) atoms. The lowest BCUT2D eigenvalue weighted by molar-refractivity contribution is 0.0951. The molecule has 1 heterocycles. The van der Waals surface area contributed by atoms with Crippen LogP contribution in [-0.4, -0.2) is 24.3 Å². The van der Waals surface area contributed by atoms with Gasteiger partial charge in [0.2, 0.25) is 0 Å². The molecule has 0 unspecified atom stereocenters. The van der Waals surface area contributed by atoms with Crippen LogP contribution in [0.3, 0.4) is 0 Å². The lowest BCUT2D eigenvalue weighted by atomic mass is 10.2. The molecule has 0 bridgehead atoms. The summed E-state index contributed by atoms with van der Waals surface area (Å²) in [4.78, 5) is 18.0. The highest BCUT2D eigenvalue weighted by Crippen LogP contribution is 2.25. The van der Waals surface area contributed by atoms with Crippen LogP contribution in [0.15, 0.2) is 52.7 Å². The van der Waals surface area contributed by atoms with Gasteiger partial charge in [-0.25, -0.2) is 4.98 Å². The molecule has 4 nitrogen and oxygen atoms in total. The third-order valence-corrected chi connectivity index (χ3v) is 5.66. The Morgan fingerprint density at radius 1 is 1.27 bits per heavy atom. The summed E-state index contributed by atoms with van der Waals surface area (Å²) in [7, 11) is 1.64. The molecule has 0 saturated heterocycles. The van der Waals surface area contributed by atoms with Crippen molar-refractivity contribution in [2.24, 2.45) is 0 Å². The number of ether oxygens (including phenoxy) is 1. The number of carbonyl (C=O) groups is 1. The Balaban J connectivity index is 1.67. The van der Waals surface area contributed by atoms with Crippen molar-refractivity contribution in [3.63, 3.8) is 0 Å². The summed E-state index contributed by atoms with van der Waals surface area (Å²) >= 11 is 9.22. The first-order valence-corrected chi connectivity index (χ1v) is 10.3. The standard InChI is InChI=1S/C19H17ClN2O2S2/c1-24-13-5-3-12(4-6-13)17-11-26-18(22-17)10-21-19(23)15-9-14(25-2)7-8-16(15)20/h3-9,11H,10H2,1-2H3,(H,21,23). The predicted octanol–water partition coefficient (Wildman–Crippen LogP) is 5.12. The monoisotopic (exact) mass is 404 g/mol. The van der Waals surface area contributed by atoms with E-state index in [1.165, 1.54) is 11.3 Å². The number of nitrogens with one attached hydrogen (secondary N) is 1. The molecule has 3 aromatic rings. The number of hydrogen-bond donors (Lipinski definition) is 1. The van der Waals surface area contributed by atoms with Crippen molar-refractivity contribution < 1.29 is 9.53 Å². The van der Waals surface area contributed by atoms with E-state index in [1.54, 1.807) is 31.0 Å². The number of benzene rings is 2. The predicted molar refractivity (Wildman–Crippen MR) is 109 cm³/mol. The number of nitrogens with zero attached hydrogens (tertiary/aromatic N) is 1. The minimum atomic E-state index is -0.202. The second kappa shape index (κ2) is 8.58. The fourth-order valence-corrected chi connectivity index (χ4v) is 3.73. The maximum atomic E-state index is 12.4. The van der Waals surface area contributed by atoms with Crippen molar-refractivity contribution in [2.45, 2.75) is 11.4 Å². The smallest absolute Gasteiger partial charge is 0.253 e. The Labute approximate surface area is 165 Å². The van der Waals surface area contributed by atoms with Gasteiger partial charge in [-0.3, -0.25) is 4.79 Å². The lowest BCUT2D eigenvalue weighted by Gasteiger charge is -2.07. The number of thiazole rings is 1. The zero-order valence-electron chi connectivity index (χ0n) is 14.3. The maximum absolute atomic E-state index is 12.4. The molecule has 0 radical (unpaired) electrons. The van der Waals surface area contributed by atoms with E-state index in [-0.39, 0.29) is 5.91 Å². The molecule has 2 aromatic carbocycles. The first kappa shape index (κ1) is 18.8. The van der Waals surface area contributed by atoms with Gasteiger partial charge in [0.05, 0.1) is 29.9 Å². The molecule has 134 valence electrons. The lowest BCUT2D eigenvalue weighted by Crippen LogP contribution is -2.23. The van der Waals surface area contributed by atoms with Gasteiger partial charge in [0.1, 0.15) is 10.8 Å². The van der Waals surface area contributed by atoms with E-state index in [9.17, 15) is 4.79 Å². The number of halogens is 1. The van der Waals surface area contributed by atoms with Crippen molar-refractivity contribution in [3.05, 3.63) is 63.4 Å². The van der Waals surface area contributed by atoms with E-state index < -0.39 is 0 Å². The van der Waals surface area contributed by atoms with Crippen LogP contribution in [0.5, 0.6) is 5.75 Å². The van der Waals surface area contributed by atoms with Gasteiger partial charge in [0.15, 0.2) is 0 Å². The Hall–Kier alpha value is -2.02. The highest BCUT2D eigenvalue weighted by molar-refractivity contribution is 7.98. The summed E-state index contributed by atoms with van der Waals surface area (Å²) in [5.74, 6) is 0.605. The number of aromatic nitrogens is 1. The first-order valence-electron chi connectivity index (χ1n) is 7.81. The molecule has 3 rings (SSSR count). The van der Waals surface area contributed by atoms with E-state index >= 15 is 0 Å². The number of rotatable bonds is 6. The molecule has 1 N–H and O–H groups in total. The summed E-state index contributed by atoms with van der Waals surface area (Å²) < 4.78 is 5.17. The molecule has 0 fully saturated rings. The number of thioether (sulfide) groups is 1. The van der Waals surface area contributed by atoms with Gasteiger partial charge >= 0.3 is 0 Å². The Morgan fingerprint density at radius 2 is 2.04 bits per heavy atom. The third-order valence-electron chi connectivity index (χ3n) is 3.76. The highest BCUT2D eigenvalue weighted by atomic mass is 35.5. The summed E-state index contributed by atoms with van der Waals surface area (Å²) in [6, 6.07) is 13.2. The van der Waals surface area contributed by atoms with Crippen molar-refractivity contribution in [1.82, 2.24) is 10.3 Å². The van der Waals surface area contributed by atoms with Crippen LogP contribution in [0.4, 0.5) is 0 Å². The van der Waals surface area contributed by atoms with Crippen molar-refractivity contribution >= 4 is 40.6 Å². The molecule has 0 saturated carbocycles. The van der Waals surface area contributed by atoms with E-state index in [0.717, 1.165) is 26.9 Å². The van der Waals surface area contributed by atoms with Crippen LogP contribution in [-0.2, 0) is 6.54 Å². The first-order chi connectivity index (χ1) is 12.6. The summed E-state index contributed by atoms with van der Waals surface area (Å²) in [6.45, 7) is 0.361. The third kappa shape index (κ3) is 4.38. The van der Waals surface area contributed by atoms with Crippen molar-refractivity contribution in [1.29, 1.82) is 0 Å². The SMILES string of the molecule is COc1ccc(-c2csc(CNC(=O)c3cc(SC)ccc3Cl)n2)cc1. The Bertz CT molecular complexity index is 910. The molecule has 0 spiro atoms. The van der Waals surface area contributed by atoms with Gasteiger partial charge in [0, 0.05) is 15.8 Å². The van der Waals surface area contributed by atoms with Gasteiger partial charge in [-0.15, -0.1) is 23.1 Å². The second-order valence-electron chi connectivity index (χ2n) is 5.38. The normalized spacial score (nSPS) is 10.6. The van der Waals surface area contributed by atoms with Crippen LogP contribution in [0, 0.1) is 0 Å². The number of amides is 1. The quantitative estimate of drug-likeness (QED) is 0.579. The fraction of sp³-hybridized carbons (Fsp3) is 0.158. The van der Waals surface area contributed by atoms with Crippen LogP contribution < -0.4 is 10.1 Å². The zero-order valence-corrected chi connectivity index (χ0v) is 16.7. The topological polar surface area (TPSA) is 51.2 Å². The average molecular weight is 405 g/mol.